The molecule has 1 aromatic rings. The third-order valence-electron chi connectivity index (χ3n) is 4.08. The quantitative estimate of drug-likeness (QED) is 0.0797. The van der Waals surface area contributed by atoms with Gasteiger partial charge in [-0.1, -0.05) is 154 Å². The molecule has 0 fully saturated rings. The van der Waals surface area contributed by atoms with Crippen LogP contribution in [0.4, 0.5) is 0 Å². The molecule has 0 heterocycles. The summed E-state index contributed by atoms with van der Waals surface area (Å²) in [6.07, 6.45) is 19.9. The van der Waals surface area contributed by atoms with E-state index in [2.05, 4.69) is 51.3 Å². The van der Waals surface area contributed by atoms with Crippen molar-refractivity contribution in [3.8, 4) is 0 Å². The molecule has 0 atom stereocenters. The minimum atomic E-state index is -3.81. The Morgan fingerprint density at radius 3 is 0.629 bits per heavy atom. The summed E-state index contributed by atoms with van der Waals surface area (Å²) >= 11 is 7.21. The van der Waals surface area contributed by atoms with Gasteiger partial charge in [0.05, 0.1) is 0 Å². The van der Waals surface area contributed by atoms with E-state index in [1.807, 2.05) is 36.4 Å². The first-order valence-corrected chi connectivity index (χ1v) is 17.7. The van der Waals surface area contributed by atoms with Crippen LogP contribution >= 0.6 is 13.4 Å². The molecule has 1 rings (SSSR count). The van der Waals surface area contributed by atoms with Crippen molar-refractivity contribution in [3.05, 3.63) is 36.4 Å². The molecule has 6 nitrogen and oxygen atoms in total. The van der Waals surface area contributed by atoms with E-state index in [0.717, 1.165) is 0 Å². The Bertz CT molecular complexity index is 471. The summed E-state index contributed by atoms with van der Waals surface area (Å²) in [7, 11) is 0. The third kappa shape index (κ3) is 106. The van der Waals surface area contributed by atoms with Crippen LogP contribution in [0.25, 0.3) is 0 Å². The standard InChI is InChI=1S/2C9H20.C6H6.2H3O3PS.Zn/c2*1-3-5-7-9-8-6-4-2;1-2-4-6-5-3-1;2*1-4(2,3)5;/h2*3-9H2,1-2H3;1-6H;2*(H3,1,2,3,5);. The number of hydrogen-bond donors (Lipinski definition) is 6. The number of hydrogen-bond acceptors (Lipinski definition) is 2. The van der Waals surface area contributed by atoms with E-state index in [0.29, 0.717) is 0 Å². The molecule has 0 amide bonds. The van der Waals surface area contributed by atoms with Crippen LogP contribution in [0.1, 0.15) is 118 Å². The maximum absolute atomic E-state index is 7.56. The van der Waals surface area contributed by atoms with Crippen molar-refractivity contribution in [3.63, 3.8) is 0 Å². The predicted molar refractivity (Wildman–Crippen MR) is 156 cm³/mol. The second-order valence-corrected chi connectivity index (χ2v) is 12.7. The van der Waals surface area contributed by atoms with E-state index in [9.17, 15) is 0 Å². The van der Waals surface area contributed by atoms with Crippen molar-refractivity contribution in [2.45, 2.75) is 118 Å². The molecular formula is C24H52O6P2S2Zn. The molecule has 0 radical (unpaired) electrons. The predicted octanol–water partition coefficient (Wildman–Crippen LogP) is 7.57. The molecule has 0 saturated heterocycles. The van der Waals surface area contributed by atoms with Gasteiger partial charge in [-0.05, 0) is 23.6 Å². The summed E-state index contributed by atoms with van der Waals surface area (Å²) in [6.45, 7) is 1.44. The molecule has 35 heavy (non-hydrogen) atoms. The third-order valence-corrected chi connectivity index (χ3v) is 4.08. The SMILES string of the molecule is CCCCCCCCC.CCCCCCCCC.OP(O)(O)=S.OP(O)(O)=S.[Zn].c1ccccc1. The van der Waals surface area contributed by atoms with Crippen LogP contribution in [0, 0.1) is 0 Å². The van der Waals surface area contributed by atoms with Gasteiger partial charge in [-0.3, -0.25) is 0 Å². The Morgan fingerprint density at radius 2 is 0.514 bits per heavy atom. The fourth-order valence-corrected chi connectivity index (χ4v) is 2.45. The number of unbranched alkanes of at least 4 members (excludes halogenated alkanes) is 12. The van der Waals surface area contributed by atoms with E-state index in [1.165, 1.54) is 89.9 Å². The van der Waals surface area contributed by atoms with E-state index in [4.69, 9.17) is 29.4 Å². The van der Waals surface area contributed by atoms with Gasteiger partial charge in [-0.25, -0.2) is 0 Å². The topological polar surface area (TPSA) is 121 Å². The zero-order valence-corrected chi connectivity index (χ0v) is 28.9. The smallest absolute Gasteiger partial charge is 0.319 e. The van der Waals surface area contributed by atoms with Gasteiger partial charge in [0, 0.05) is 19.5 Å². The zero-order chi connectivity index (χ0) is 27.1. The minimum absolute atomic E-state index is 0. The molecule has 0 aliphatic rings. The van der Waals surface area contributed by atoms with Crippen LogP contribution < -0.4 is 0 Å². The average Bonchev–Trinajstić information content (AvgIpc) is 2.74. The Kier molecular flexibility index (Phi) is 48.5. The Hall–Kier alpha value is 0.903. The first kappa shape index (κ1) is 45.8. The molecule has 0 saturated carbocycles. The minimum Gasteiger partial charge on any atom is -0.325 e. The number of rotatable bonds is 12. The normalized spacial score (nSPS) is 9.89. The van der Waals surface area contributed by atoms with Gasteiger partial charge in [-0.15, -0.1) is 0 Å². The van der Waals surface area contributed by atoms with Gasteiger partial charge in [-0.2, -0.15) is 0 Å². The molecule has 208 valence electrons. The van der Waals surface area contributed by atoms with Gasteiger partial charge in [0.15, 0.2) is 0 Å². The monoisotopic (exact) mass is 626 g/mol. The van der Waals surface area contributed by atoms with E-state index < -0.39 is 13.4 Å². The molecule has 0 aliphatic carbocycles. The van der Waals surface area contributed by atoms with E-state index >= 15 is 0 Å². The first-order chi connectivity index (χ1) is 15.8. The molecular weight excluding hydrogens is 576 g/mol. The Balaban J connectivity index is -0.000000109. The van der Waals surface area contributed by atoms with Gasteiger partial charge < -0.3 is 29.4 Å². The summed E-state index contributed by atoms with van der Waals surface area (Å²) in [6, 6.07) is 12.0. The van der Waals surface area contributed by atoms with Gasteiger partial charge in [0.2, 0.25) is 0 Å². The molecule has 0 aliphatic heterocycles. The summed E-state index contributed by atoms with van der Waals surface area (Å²) < 4.78 is 0. The summed E-state index contributed by atoms with van der Waals surface area (Å²) in [5.74, 6) is 0. The molecule has 0 unspecified atom stereocenters. The van der Waals surface area contributed by atoms with Crippen molar-refractivity contribution in [2.75, 3.05) is 0 Å². The fourth-order valence-electron chi connectivity index (χ4n) is 2.45. The molecule has 0 bridgehead atoms. The summed E-state index contributed by atoms with van der Waals surface area (Å²) in [5.41, 5.74) is 0. The van der Waals surface area contributed by atoms with Crippen LogP contribution in [0.5, 0.6) is 0 Å². The Morgan fingerprint density at radius 1 is 0.400 bits per heavy atom. The van der Waals surface area contributed by atoms with Crippen molar-refractivity contribution in [2.24, 2.45) is 0 Å². The summed E-state index contributed by atoms with van der Waals surface area (Å²) in [5, 5.41) is 0. The fraction of sp³-hybridized carbons (Fsp3) is 0.750. The Labute approximate surface area is 238 Å². The van der Waals surface area contributed by atoms with Gasteiger partial charge >= 0.3 is 13.4 Å². The van der Waals surface area contributed by atoms with Crippen LogP contribution in [-0.4, -0.2) is 29.4 Å². The molecule has 0 aromatic heterocycles. The second-order valence-electron chi connectivity index (χ2n) is 7.72. The molecule has 1 aromatic carbocycles. The largest absolute Gasteiger partial charge is 0.325 e. The van der Waals surface area contributed by atoms with Crippen molar-refractivity contribution in [1.82, 2.24) is 0 Å². The van der Waals surface area contributed by atoms with Crippen LogP contribution in [0.3, 0.4) is 0 Å². The molecule has 0 spiro atoms. The van der Waals surface area contributed by atoms with Crippen LogP contribution in [-0.2, 0) is 43.1 Å². The van der Waals surface area contributed by atoms with Crippen molar-refractivity contribution in [1.29, 1.82) is 0 Å². The van der Waals surface area contributed by atoms with E-state index in [-0.39, 0.29) is 19.5 Å². The maximum Gasteiger partial charge on any atom is 0.319 e. The van der Waals surface area contributed by atoms with E-state index in [1.54, 1.807) is 0 Å². The molecule has 11 heteroatoms. The van der Waals surface area contributed by atoms with Crippen LogP contribution in [0.15, 0.2) is 36.4 Å². The second kappa shape index (κ2) is 37.1. The van der Waals surface area contributed by atoms with Gasteiger partial charge in [0.1, 0.15) is 0 Å². The molecule has 6 N–H and O–H groups in total. The van der Waals surface area contributed by atoms with Crippen molar-refractivity contribution < 1.29 is 48.8 Å². The maximum atomic E-state index is 7.56. The number of benzene rings is 1. The average molecular weight is 628 g/mol. The summed E-state index contributed by atoms with van der Waals surface area (Å²) in [4.78, 5) is 45.3. The van der Waals surface area contributed by atoms with Gasteiger partial charge in [0.25, 0.3) is 0 Å². The zero-order valence-electron chi connectivity index (χ0n) is 22.5. The first-order valence-electron chi connectivity index (χ1n) is 12.4. The van der Waals surface area contributed by atoms with Crippen LogP contribution in [0.2, 0.25) is 0 Å². The van der Waals surface area contributed by atoms with Crippen molar-refractivity contribution >= 4 is 37.1 Å².